The molecule has 0 amide bonds. The van der Waals surface area contributed by atoms with Crippen molar-refractivity contribution in [3.63, 3.8) is 0 Å². The number of nitrogens with zero attached hydrogens (tertiary/aromatic N) is 3. The summed E-state index contributed by atoms with van der Waals surface area (Å²) in [5, 5.41) is 1.05. The molecule has 2 aromatic rings. The Balaban J connectivity index is 1.46. The van der Waals surface area contributed by atoms with Crippen LogP contribution in [0.2, 0.25) is 0 Å². The van der Waals surface area contributed by atoms with Gasteiger partial charge in [0.05, 0.1) is 12.4 Å². The molecule has 1 aromatic carbocycles. The Morgan fingerprint density at radius 2 is 1.97 bits per heavy atom. The SMILES string of the molecule is CC(=NC1CCN(Cc2ccccc2)CC1)c1c(N=CN)sc2c1CCC(C)C2. The molecule has 5 heteroatoms. The molecule has 4 rings (SSSR count). The van der Waals surface area contributed by atoms with Crippen molar-refractivity contribution in [2.24, 2.45) is 21.6 Å². The maximum absolute atomic E-state index is 5.65. The van der Waals surface area contributed by atoms with Gasteiger partial charge in [-0.3, -0.25) is 9.89 Å². The highest BCUT2D eigenvalue weighted by atomic mass is 32.1. The van der Waals surface area contributed by atoms with E-state index in [0.717, 1.165) is 61.9 Å². The minimum Gasteiger partial charge on any atom is -0.390 e. The standard InChI is InChI=1S/C24H32N4S/c1-17-8-9-21-22(14-17)29-24(26-16-25)23(21)18(2)27-20-10-12-28(13-11-20)15-19-6-4-3-5-7-19/h3-7,16-17,20H,8-15H2,1-2H3,(H2,25,26). The van der Waals surface area contributed by atoms with E-state index in [1.807, 2.05) is 11.3 Å². The summed E-state index contributed by atoms with van der Waals surface area (Å²) in [5.41, 5.74) is 10.9. The van der Waals surface area contributed by atoms with Crippen LogP contribution in [0.3, 0.4) is 0 Å². The Morgan fingerprint density at radius 1 is 1.21 bits per heavy atom. The van der Waals surface area contributed by atoms with Gasteiger partial charge in [0.15, 0.2) is 0 Å². The summed E-state index contributed by atoms with van der Waals surface area (Å²) >= 11 is 1.82. The van der Waals surface area contributed by atoms with Crippen LogP contribution in [-0.2, 0) is 19.4 Å². The number of aliphatic imine (C=N–C) groups is 2. The Kier molecular flexibility index (Phi) is 6.46. The van der Waals surface area contributed by atoms with Gasteiger partial charge in [0.1, 0.15) is 5.00 Å². The van der Waals surface area contributed by atoms with Gasteiger partial charge in [-0.15, -0.1) is 11.3 Å². The maximum atomic E-state index is 5.65. The van der Waals surface area contributed by atoms with Crippen molar-refractivity contribution in [2.45, 2.75) is 58.5 Å². The minimum atomic E-state index is 0.412. The van der Waals surface area contributed by atoms with E-state index in [0.29, 0.717) is 6.04 Å². The summed E-state index contributed by atoms with van der Waals surface area (Å²) in [6.07, 6.45) is 7.25. The minimum absolute atomic E-state index is 0.412. The average molecular weight is 409 g/mol. The molecule has 1 aromatic heterocycles. The predicted molar refractivity (Wildman–Crippen MR) is 125 cm³/mol. The largest absolute Gasteiger partial charge is 0.390 e. The molecule has 1 unspecified atom stereocenters. The van der Waals surface area contributed by atoms with Crippen molar-refractivity contribution >= 4 is 28.4 Å². The van der Waals surface area contributed by atoms with Crippen LogP contribution in [0.4, 0.5) is 5.00 Å². The van der Waals surface area contributed by atoms with E-state index >= 15 is 0 Å². The molecule has 0 spiro atoms. The van der Waals surface area contributed by atoms with Crippen molar-refractivity contribution in [1.29, 1.82) is 0 Å². The summed E-state index contributed by atoms with van der Waals surface area (Å²) in [6.45, 7) is 7.79. The number of benzene rings is 1. The van der Waals surface area contributed by atoms with Crippen LogP contribution in [0.25, 0.3) is 0 Å². The van der Waals surface area contributed by atoms with E-state index in [9.17, 15) is 0 Å². The van der Waals surface area contributed by atoms with Gasteiger partial charge in [-0.1, -0.05) is 37.3 Å². The second-order valence-electron chi connectivity index (χ2n) is 8.52. The molecule has 0 bridgehead atoms. The molecule has 0 radical (unpaired) electrons. The van der Waals surface area contributed by atoms with E-state index < -0.39 is 0 Å². The molecule has 1 aliphatic heterocycles. The Bertz CT molecular complexity index is 876. The fourth-order valence-electron chi connectivity index (χ4n) is 4.65. The zero-order valence-electron chi connectivity index (χ0n) is 17.6. The maximum Gasteiger partial charge on any atom is 0.127 e. The van der Waals surface area contributed by atoms with Gasteiger partial charge in [-0.05, 0) is 56.1 Å². The number of nitrogens with two attached hydrogens (primary N) is 1. The zero-order chi connectivity index (χ0) is 20.2. The van der Waals surface area contributed by atoms with E-state index in [2.05, 4.69) is 54.1 Å². The third-order valence-electron chi connectivity index (χ3n) is 6.23. The summed E-state index contributed by atoms with van der Waals surface area (Å²) in [6, 6.07) is 11.2. The number of rotatable bonds is 5. The summed E-state index contributed by atoms with van der Waals surface area (Å²) in [4.78, 5) is 13.7. The van der Waals surface area contributed by atoms with Crippen LogP contribution in [0.1, 0.15) is 54.7 Å². The molecule has 2 aliphatic rings. The highest BCUT2D eigenvalue weighted by Crippen LogP contribution is 2.41. The van der Waals surface area contributed by atoms with Gasteiger partial charge >= 0.3 is 0 Å². The van der Waals surface area contributed by atoms with Crippen molar-refractivity contribution in [1.82, 2.24) is 4.90 Å². The van der Waals surface area contributed by atoms with Crippen LogP contribution >= 0.6 is 11.3 Å². The average Bonchev–Trinajstić information content (AvgIpc) is 3.07. The van der Waals surface area contributed by atoms with Gasteiger partial charge in [-0.2, -0.15) is 0 Å². The first-order valence-corrected chi connectivity index (χ1v) is 11.7. The van der Waals surface area contributed by atoms with Gasteiger partial charge in [0.25, 0.3) is 0 Å². The third-order valence-corrected chi connectivity index (χ3v) is 7.39. The lowest BCUT2D eigenvalue weighted by atomic mass is 9.87. The molecule has 4 nitrogen and oxygen atoms in total. The van der Waals surface area contributed by atoms with Gasteiger partial charge in [0, 0.05) is 35.8 Å². The molecule has 29 heavy (non-hydrogen) atoms. The van der Waals surface area contributed by atoms with Gasteiger partial charge in [0.2, 0.25) is 0 Å². The van der Waals surface area contributed by atoms with Crippen LogP contribution < -0.4 is 5.73 Å². The first-order valence-electron chi connectivity index (χ1n) is 10.8. The van der Waals surface area contributed by atoms with E-state index in [4.69, 9.17) is 10.7 Å². The zero-order valence-corrected chi connectivity index (χ0v) is 18.4. The van der Waals surface area contributed by atoms with Crippen LogP contribution in [0.5, 0.6) is 0 Å². The number of thiophene rings is 1. The topological polar surface area (TPSA) is 54.0 Å². The highest BCUT2D eigenvalue weighted by molar-refractivity contribution is 7.16. The van der Waals surface area contributed by atoms with E-state index in [1.54, 1.807) is 0 Å². The Labute approximate surface area is 178 Å². The van der Waals surface area contributed by atoms with E-state index in [-0.39, 0.29) is 0 Å². The fraction of sp³-hybridized carbons (Fsp3) is 0.500. The predicted octanol–water partition coefficient (Wildman–Crippen LogP) is 4.97. The molecule has 2 N–H and O–H groups in total. The molecule has 1 aliphatic carbocycles. The first kappa shape index (κ1) is 20.3. The molecular weight excluding hydrogens is 376 g/mol. The summed E-state index contributed by atoms with van der Waals surface area (Å²) in [5.74, 6) is 0.759. The summed E-state index contributed by atoms with van der Waals surface area (Å²) in [7, 11) is 0. The number of hydrogen-bond donors (Lipinski definition) is 1. The van der Waals surface area contributed by atoms with Crippen LogP contribution in [0, 0.1) is 5.92 Å². The molecule has 1 fully saturated rings. The number of piperidine rings is 1. The number of hydrogen-bond acceptors (Lipinski definition) is 4. The van der Waals surface area contributed by atoms with Crippen molar-refractivity contribution in [3.05, 3.63) is 51.9 Å². The number of likely N-dealkylation sites (tertiary alicyclic amines) is 1. The van der Waals surface area contributed by atoms with Crippen molar-refractivity contribution in [2.75, 3.05) is 13.1 Å². The van der Waals surface area contributed by atoms with Gasteiger partial charge < -0.3 is 5.73 Å². The quantitative estimate of drug-likeness (QED) is 0.561. The first-order chi connectivity index (χ1) is 14.1. The lowest BCUT2D eigenvalue weighted by molar-refractivity contribution is 0.206. The monoisotopic (exact) mass is 408 g/mol. The fourth-order valence-corrected chi connectivity index (χ4v) is 6.07. The smallest absolute Gasteiger partial charge is 0.127 e. The molecule has 1 saturated heterocycles. The van der Waals surface area contributed by atoms with Crippen molar-refractivity contribution < 1.29 is 0 Å². The Hall–Kier alpha value is -1.98. The van der Waals surface area contributed by atoms with Crippen LogP contribution in [-0.4, -0.2) is 36.1 Å². The molecule has 2 heterocycles. The number of fused-ring (bicyclic) bond motifs is 1. The second kappa shape index (κ2) is 9.23. The highest BCUT2D eigenvalue weighted by Gasteiger charge is 2.26. The third kappa shape index (κ3) is 4.78. The molecule has 1 atom stereocenters. The molecular formula is C24H32N4S. The Morgan fingerprint density at radius 3 is 2.69 bits per heavy atom. The second-order valence-corrected chi connectivity index (χ2v) is 9.60. The van der Waals surface area contributed by atoms with Gasteiger partial charge in [-0.25, -0.2) is 4.99 Å². The molecule has 0 saturated carbocycles. The van der Waals surface area contributed by atoms with Crippen LogP contribution in [0.15, 0.2) is 40.3 Å². The lowest BCUT2D eigenvalue weighted by Crippen LogP contribution is -2.35. The molecule has 154 valence electrons. The van der Waals surface area contributed by atoms with E-state index in [1.165, 1.54) is 34.3 Å². The normalized spacial score (nSPS) is 21.6. The lowest BCUT2D eigenvalue weighted by Gasteiger charge is -2.30. The summed E-state index contributed by atoms with van der Waals surface area (Å²) < 4.78 is 0. The van der Waals surface area contributed by atoms with Crippen molar-refractivity contribution in [3.8, 4) is 0 Å².